The molecule has 0 aliphatic carbocycles. The summed E-state index contributed by atoms with van der Waals surface area (Å²) in [7, 11) is 1.39. The first-order chi connectivity index (χ1) is 13.4. The fourth-order valence-corrected chi connectivity index (χ4v) is 2.63. The van der Waals surface area contributed by atoms with Crippen LogP contribution in [0.1, 0.15) is 11.1 Å². The van der Waals surface area contributed by atoms with Crippen molar-refractivity contribution in [2.45, 2.75) is 6.92 Å². The Kier molecular flexibility index (Phi) is 5.30. The van der Waals surface area contributed by atoms with Crippen LogP contribution >= 0.6 is 0 Å². The maximum absolute atomic E-state index is 12.7. The number of carbonyl (C=O) groups is 3. The third kappa shape index (κ3) is 3.96. The zero-order valence-corrected chi connectivity index (χ0v) is 15.2. The van der Waals surface area contributed by atoms with Gasteiger partial charge >= 0.3 is 0 Å². The van der Waals surface area contributed by atoms with Gasteiger partial charge in [-0.05, 0) is 42.8 Å². The highest BCUT2D eigenvalue weighted by atomic mass is 16.5. The Hall–Kier alpha value is -3.81. The van der Waals surface area contributed by atoms with E-state index in [1.165, 1.54) is 30.3 Å². The number of hydrogen-bond acceptors (Lipinski definition) is 6. The van der Waals surface area contributed by atoms with Gasteiger partial charge in [0.15, 0.2) is 11.5 Å². The first-order valence-corrected chi connectivity index (χ1v) is 8.33. The second-order valence-corrected chi connectivity index (χ2v) is 6.05. The average molecular weight is 381 g/mol. The van der Waals surface area contributed by atoms with Crippen LogP contribution in [0, 0.1) is 6.92 Å². The molecule has 0 saturated carbocycles. The minimum absolute atomic E-state index is 0.0361. The molecular weight excluding hydrogens is 364 g/mol. The molecule has 0 aromatic heterocycles. The van der Waals surface area contributed by atoms with Gasteiger partial charge in [0.1, 0.15) is 12.2 Å². The maximum atomic E-state index is 12.7. The Labute approximate surface area is 160 Å². The molecule has 1 fully saturated rings. The Morgan fingerprint density at radius 1 is 1.14 bits per heavy atom. The van der Waals surface area contributed by atoms with Crippen molar-refractivity contribution in [2.24, 2.45) is 0 Å². The number of ether oxygens (including phenoxy) is 2. The van der Waals surface area contributed by atoms with E-state index in [1.807, 2.05) is 19.1 Å². The average Bonchev–Trinajstić information content (AvgIpc) is 2.95. The van der Waals surface area contributed by atoms with E-state index in [0.717, 1.165) is 5.56 Å². The van der Waals surface area contributed by atoms with E-state index in [2.05, 4.69) is 5.43 Å². The van der Waals surface area contributed by atoms with Gasteiger partial charge in [-0.15, -0.1) is 0 Å². The lowest BCUT2D eigenvalue weighted by atomic mass is 10.1. The standard InChI is InChI=1S/C20H18N2O6/c1-12-3-6-14(7-4-12)22-20(26)15(19(25)21-22)9-13-5-8-16(17(10-13)27-2)28-11-18(23)24/h3-10H,11H2,1-2H3,(H,21,25)(H,23,24)/p-1. The Morgan fingerprint density at radius 3 is 2.50 bits per heavy atom. The number of methoxy groups -OCH3 is 1. The number of hydrogen-bond donors (Lipinski definition) is 1. The number of aliphatic carboxylic acids is 1. The number of carboxylic acid groups (broad SMARTS) is 1. The van der Waals surface area contributed by atoms with Gasteiger partial charge in [-0.3, -0.25) is 15.0 Å². The number of amides is 2. The second-order valence-electron chi connectivity index (χ2n) is 6.05. The van der Waals surface area contributed by atoms with E-state index in [9.17, 15) is 19.5 Å². The summed E-state index contributed by atoms with van der Waals surface area (Å²) in [5.74, 6) is -1.90. The summed E-state index contributed by atoms with van der Waals surface area (Å²) in [6, 6.07) is 11.8. The predicted molar refractivity (Wildman–Crippen MR) is 98.3 cm³/mol. The van der Waals surface area contributed by atoms with Crippen molar-refractivity contribution in [1.29, 1.82) is 0 Å². The molecule has 1 heterocycles. The van der Waals surface area contributed by atoms with Crippen molar-refractivity contribution in [3.05, 3.63) is 59.2 Å². The van der Waals surface area contributed by atoms with Gasteiger partial charge in [0.05, 0.1) is 18.8 Å². The fourth-order valence-electron chi connectivity index (χ4n) is 2.63. The Balaban J connectivity index is 1.86. The van der Waals surface area contributed by atoms with E-state index in [0.29, 0.717) is 11.3 Å². The highest BCUT2D eigenvalue weighted by molar-refractivity contribution is 6.31. The number of carboxylic acids is 1. The Morgan fingerprint density at radius 2 is 1.86 bits per heavy atom. The molecule has 0 unspecified atom stereocenters. The van der Waals surface area contributed by atoms with Crippen LogP contribution in [-0.4, -0.2) is 31.5 Å². The van der Waals surface area contributed by atoms with Crippen LogP contribution in [0.2, 0.25) is 0 Å². The molecule has 1 N–H and O–H groups in total. The highest BCUT2D eigenvalue weighted by Crippen LogP contribution is 2.30. The monoisotopic (exact) mass is 381 g/mol. The molecule has 2 aromatic rings. The fraction of sp³-hybridized carbons (Fsp3) is 0.150. The number of nitrogens with zero attached hydrogens (tertiary/aromatic N) is 1. The number of hydrazine groups is 1. The number of carbonyl (C=O) groups excluding carboxylic acids is 3. The summed E-state index contributed by atoms with van der Waals surface area (Å²) >= 11 is 0. The van der Waals surface area contributed by atoms with Crippen LogP contribution in [0.3, 0.4) is 0 Å². The summed E-state index contributed by atoms with van der Waals surface area (Å²) in [5, 5.41) is 11.7. The van der Waals surface area contributed by atoms with Gasteiger partial charge in [-0.1, -0.05) is 23.8 Å². The van der Waals surface area contributed by atoms with E-state index in [1.54, 1.807) is 18.2 Å². The lowest BCUT2D eigenvalue weighted by molar-refractivity contribution is -0.307. The van der Waals surface area contributed by atoms with Gasteiger partial charge < -0.3 is 19.4 Å². The number of aryl methyl sites for hydroxylation is 1. The molecule has 0 atom stereocenters. The molecule has 28 heavy (non-hydrogen) atoms. The minimum Gasteiger partial charge on any atom is -0.546 e. The van der Waals surface area contributed by atoms with E-state index < -0.39 is 24.4 Å². The molecule has 8 heteroatoms. The molecule has 2 amide bonds. The molecule has 2 aromatic carbocycles. The van der Waals surface area contributed by atoms with Gasteiger partial charge in [0.25, 0.3) is 11.8 Å². The van der Waals surface area contributed by atoms with Crippen molar-refractivity contribution in [2.75, 3.05) is 18.7 Å². The smallest absolute Gasteiger partial charge is 0.282 e. The van der Waals surface area contributed by atoms with Crippen LogP contribution in [-0.2, 0) is 14.4 Å². The van der Waals surface area contributed by atoms with Crippen molar-refractivity contribution >= 4 is 29.5 Å². The molecule has 1 aliphatic heterocycles. The van der Waals surface area contributed by atoms with E-state index >= 15 is 0 Å². The lowest BCUT2D eigenvalue weighted by Gasteiger charge is -2.14. The molecule has 144 valence electrons. The topological polar surface area (TPSA) is 108 Å². The van der Waals surface area contributed by atoms with Gasteiger partial charge in [-0.2, -0.15) is 0 Å². The number of rotatable bonds is 6. The molecule has 0 spiro atoms. The lowest BCUT2D eigenvalue weighted by Crippen LogP contribution is -2.35. The maximum Gasteiger partial charge on any atom is 0.282 e. The number of anilines is 1. The molecule has 8 nitrogen and oxygen atoms in total. The zero-order valence-electron chi connectivity index (χ0n) is 15.2. The quantitative estimate of drug-likeness (QED) is 0.580. The largest absolute Gasteiger partial charge is 0.546 e. The van der Waals surface area contributed by atoms with Crippen LogP contribution in [0.25, 0.3) is 6.08 Å². The van der Waals surface area contributed by atoms with Gasteiger partial charge in [0, 0.05) is 0 Å². The summed E-state index contributed by atoms with van der Waals surface area (Å²) < 4.78 is 10.3. The third-order valence-corrected chi connectivity index (χ3v) is 4.03. The zero-order chi connectivity index (χ0) is 20.3. The molecule has 3 rings (SSSR count). The van der Waals surface area contributed by atoms with Crippen LogP contribution in [0.5, 0.6) is 11.5 Å². The van der Waals surface area contributed by atoms with Gasteiger partial charge in [-0.25, -0.2) is 5.01 Å². The third-order valence-electron chi connectivity index (χ3n) is 4.03. The second kappa shape index (κ2) is 7.83. The Bertz CT molecular complexity index is 965. The first-order valence-electron chi connectivity index (χ1n) is 8.33. The van der Waals surface area contributed by atoms with Crippen molar-refractivity contribution in [3.8, 4) is 11.5 Å². The normalized spacial score (nSPS) is 14.9. The summed E-state index contributed by atoms with van der Waals surface area (Å²) in [6.07, 6.45) is 1.43. The molecule has 1 saturated heterocycles. The van der Waals surface area contributed by atoms with Crippen molar-refractivity contribution in [3.63, 3.8) is 0 Å². The summed E-state index contributed by atoms with van der Waals surface area (Å²) in [6.45, 7) is 1.30. The van der Waals surface area contributed by atoms with Crippen molar-refractivity contribution in [1.82, 2.24) is 5.43 Å². The van der Waals surface area contributed by atoms with Crippen LogP contribution in [0.4, 0.5) is 5.69 Å². The van der Waals surface area contributed by atoms with Crippen molar-refractivity contribution < 1.29 is 29.0 Å². The molecule has 1 aliphatic rings. The SMILES string of the molecule is COc1cc(C=C2C(=O)NN(c3ccc(C)cc3)C2=O)ccc1OCC(=O)[O-]. The van der Waals surface area contributed by atoms with Crippen LogP contribution in [0.15, 0.2) is 48.0 Å². The number of nitrogens with one attached hydrogen (secondary N) is 1. The minimum atomic E-state index is -1.36. The summed E-state index contributed by atoms with van der Waals surface area (Å²) in [5.41, 5.74) is 4.60. The van der Waals surface area contributed by atoms with Gasteiger partial charge in [0.2, 0.25) is 0 Å². The highest BCUT2D eigenvalue weighted by Gasteiger charge is 2.34. The molecular formula is C20H17N2O6-. The first kappa shape index (κ1) is 19.0. The van der Waals surface area contributed by atoms with E-state index in [4.69, 9.17) is 9.47 Å². The molecule has 0 bridgehead atoms. The predicted octanol–water partition coefficient (Wildman–Crippen LogP) is 0.594. The van der Waals surface area contributed by atoms with Crippen LogP contribution < -0.4 is 25.0 Å². The number of benzene rings is 2. The summed E-state index contributed by atoms with van der Waals surface area (Å²) in [4.78, 5) is 35.5. The molecule has 0 radical (unpaired) electrons. The van der Waals surface area contributed by atoms with E-state index in [-0.39, 0.29) is 17.1 Å².